The fourth-order valence-electron chi connectivity index (χ4n) is 3.90. The average molecular weight is 375 g/mol. The first-order chi connectivity index (χ1) is 13.0. The Hall–Kier alpha value is -1.39. The van der Waals surface area contributed by atoms with E-state index in [9.17, 15) is 0 Å². The van der Waals surface area contributed by atoms with Crippen LogP contribution < -0.4 is 4.90 Å². The lowest BCUT2D eigenvalue weighted by molar-refractivity contribution is -0.0208. The average Bonchev–Trinajstić information content (AvgIpc) is 2.68. The number of nitrogens with zero attached hydrogens (tertiary/aromatic N) is 2. The van der Waals surface area contributed by atoms with Gasteiger partial charge in [-0.15, -0.1) is 0 Å². The van der Waals surface area contributed by atoms with Crippen LogP contribution in [0.25, 0.3) is 0 Å². The lowest BCUT2D eigenvalue weighted by atomic mass is 9.85. The molecule has 1 aromatic rings. The van der Waals surface area contributed by atoms with E-state index in [2.05, 4.69) is 42.4 Å². The van der Waals surface area contributed by atoms with E-state index in [0.29, 0.717) is 5.92 Å². The first kappa shape index (κ1) is 21.9. The van der Waals surface area contributed by atoms with Crippen LogP contribution in [0.2, 0.25) is 0 Å². The maximum absolute atomic E-state index is 6.06. The van der Waals surface area contributed by atoms with Crippen LogP contribution in [0.5, 0.6) is 0 Å². The quantitative estimate of drug-likeness (QED) is 0.387. The molecule has 27 heavy (non-hydrogen) atoms. The van der Waals surface area contributed by atoms with Crippen LogP contribution in [-0.4, -0.2) is 44.0 Å². The van der Waals surface area contributed by atoms with E-state index in [0.717, 1.165) is 70.5 Å². The van der Waals surface area contributed by atoms with E-state index in [1.165, 1.54) is 11.3 Å². The van der Waals surface area contributed by atoms with E-state index < -0.39 is 0 Å². The summed E-state index contributed by atoms with van der Waals surface area (Å²) in [5, 5.41) is 0. The van der Waals surface area contributed by atoms with E-state index >= 15 is 0 Å². The highest BCUT2D eigenvalue weighted by Crippen LogP contribution is 2.34. The molecule has 1 saturated heterocycles. The van der Waals surface area contributed by atoms with Crippen molar-refractivity contribution in [2.75, 3.05) is 38.3 Å². The predicted octanol–water partition coefficient (Wildman–Crippen LogP) is 5.34. The van der Waals surface area contributed by atoms with Crippen LogP contribution in [0.1, 0.15) is 70.9 Å². The van der Waals surface area contributed by atoms with Crippen molar-refractivity contribution < 1.29 is 9.47 Å². The van der Waals surface area contributed by atoms with Gasteiger partial charge in [-0.2, -0.15) is 0 Å². The van der Waals surface area contributed by atoms with Gasteiger partial charge in [0.2, 0.25) is 0 Å². The minimum Gasteiger partial charge on any atom is -0.382 e. The zero-order chi connectivity index (χ0) is 19.7. The van der Waals surface area contributed by atoms with Crippen LogP contribution >= 0.6 is 0 Å². The van der Waals surface area contributed by atoms with Crippen LogP contribution in [0, 0.1) is 0 Å². The van der Waals surface area contributed by atoms with Gasteiger partial charge in [0, 0.05) is 39.1 Å². The van der Waals surface area contributed by atoms with Crippen molar-refractivity contribution in [3.63, 3.8) is 0 Å². The van der Waals surface area contributed by atoms with Gasteiger partial charge >= 0.3 is 0 Å². The minimum atomic E-state index is -0.133. The number of unbranched alkanes of at least 4 members (excludes halogenated alkanes) is 1. The number of pyridine rings is 1. The summed E-state index contributed by atoms with van der Waals surface area (Å²) in [6.45, 7) is 14.4. The molecule has 1 aromatic heterocycles. The molecule has 152 valence electrons. The fourth-order valence-corrected chi connectivity index (χ4v) is 3.90. The Labute approximate surface area is 166 Å². The second kappa shape index (κ2) is 10.8. The van der Waals surface area contributed by atoms with Gasteiger partial charge in [-0.25, -0.2) is 0 Å². The van der Waals surface area contributed by atoms with Crippen molar-refractivity contribution in [1.29, 1.82) is 0 Å². The Morgan fingerprint density at radius 1 is 1.33 bits per heavy atom. The zero-order valence-electron chi connectivity index (χ0n) is 17.8. The summed E-state index contributed by atoms with van der Waals surface area (Å²) < 4.78 is 11.5. The smallest absolute Gasteiger partial charge is 0.0890 e. The Morgan fingerprint density at radius 3 is 2.78 bits per heavy atom. The summed E-state index contributed by atoms with van der Waals surface area (Å²) in [6.07, 6.45) is 8.49. The van der Waals surface area contributed by atoms with Crippen LogP contribution in [0.3, 0.4) is 0 Å². The molecule has 4 nitrogen and oxygen atoms in total. The molecule has 0 spiro atoms. The number of methoxy groups -OCH3 is 1. The lowest BCUT2D eigenvalue weighted by Crippen LogP contribution is -2.49. The van der Waals surface area contributed by atoms with Gasteiger partial charge in [0.15, 0.2) is 0 Å². The summed E-state index contributed by atoms with van der Waals surface area (Å²) in [5.41, 5.74) is 3.51. The molecule has 4 heteroatoms. The normalized spacial score (nSPS) is 20.3. The molecule has 1 unspecified atom stereocenters. The van der Waals surface area contributed by atoms with Gasteiger partial charge in [0.1, 0.15) is 0 Å². The number of ether oxygens (including phenoxy) is 2. The minimum absolute atomic E-state index is 0.133. The Balaban J connectivity index is 1.92. The molecule has 1 atom stereocenters. The number of aromatic nitrogens is 1. The summed E-state index contributed by atoms with van der Waals surface area (Å²) in [4.78, 5) is 7.06. The molecule has 2 heterocycles. The number of rotatable bonds is 11. The van der Waals surface area contributed by atoms with Gasteiger partial charge in [0.05, 0.1) is 17.5 Å². The molecule has 0 aromatic carbocycles. The maximum Gasteiger partial charge on any atom is 0.0890 e. The molecule has 2 rings (SSSR count). The fraction of sp³-hybridized carbons (Fsp3) is 0.696. The third-order valence-corrected chi connectivity index (χ3v) is 5.55. The van der Waals surface area contributed by atoms with Gasteiger partial charge in [-0.3, -0.25) is 4.98 Å². The Morgan fingerprint density at radius 2 is 2.15 bits per heavy atom. The van der Waals surface area contributed by atoms with Crippen LogP contribution in [-0.2, 0) is 9.47 Å². The highest BCUT2D eigenvalue weighted by atomic mass is 16.5. The first-order valence-corrected chi connectivity index (χ1v) is 10.5. The number of anilines is 1. The van der Waals surface area contributed by atoms with Crippen LogP contribution in [0.15, 0.2) is 30.5 Å². The van der Waals surface area contributed by atoms with E-state index in [1.54, 1.807) is 0 Å². The Bertz CT molecular complexity index is 570. The highest BCUT2D eigenvalue weighted by molar-refractivity contribution is 5.46. The molecule has 0 bridgehead atoms. The second-order valence-electron chi connectivity index (χ2n) is 8.09. The predicted molar refractivity (Wildman–Crippen MR) is 114 cm³/mol. The van der Waals surface area contributed by atoms with Crippen molar-refractivity contribution in [1.82, 2.24) is 4.98 Å². The standard InChI is InChI=1S/C23H38N2O2/c1-6-27-15-8-7-10-20(4)16-23(26-5)13-9-14-25(18-23)21-11-12-22(19(2)3)24-17-21/h11-12,17,19H,4,6-10,13-16,18H2,1-3,5H3. The van der Waals surface area contributed by atoms with E-state index in [1.807, 2.05) is 20.2 Å². The molecular formula is C23H38N2O2. The first-order valence-electron chi connectivity index (χ1n) is 10.5. The van der Waals surface area contributed by atoms with E-state index in [-0.39, 0.29) is 5.60 Å². The van der Waals surface area contributed by atoms with Crippen LogP contribution in [0.4, 0.5) is 5.69 Å². The molecular weight excluding hydrogens is 336 g/mol. The SMILES string of the molecule is C=C(CCCCOCC)CC1(OC)CCCN(c2ccc(C(C)C)nc2)C1. The maximum atomic E-state index is 6.06. The van der Waals surface area contributed by atoms with Gasteiger partial charge < -0.3 is 14.4 Å². The molecule has 1 fully saturated rings. The topological polar surface area (TPSA) is 34.6 Å². The molecule has 0 amide bonds. The lowest BCUT2D eigenvalue weighted by Gasteiger charge is -2.43. The van der Waals surface area contributed by atoms with Crippen molar-refractivity contribution in [3.8, 4) is 0 Å². The van der Waals surface area contributed by atoms with Gasteiger partial charge in [-0.05, 0) is 63.5 Å². The monoisotopic (exact) mass is 374 g/mol. The molecule has 0 radical (unpaired) electrons. The van der Waals surface area contributed by atoms with Gasteiger partial charge in [-0.1, -0.05) is 26.0 Å². The highest BCUT2D eigenvalue weighted by Gasteiger charge is 2.36. The van der Waals surface area contributed by atoms with Crippen molar-refractivity contribution in [3.05, 3.63) is 36.2 Å². The second-order valence-corrected chi connectivity index (χ2v) is 8.09. The largest absolute Gasteiger partial charge is 0.382 e. The summed E-state index contributed by atoms with van der Waals surface area (Å²) in [6, 6.07) is 4.36. The molecule has 1 aliphatic heterocycles. The molecule has 0 N–H and O–H groups in total. The number of piperidine rings is 1. The molecule has 0 aliphatic carbocycles. The summed E-state index contributed by atoms with van der Waals surface area (Å²) >= 11 is 0. The Kier molecular flexibility index (Phi) is 8.78. The van der Waals surface area contributed by atoms with Crippen molar-refractivity contribution in [2.24, 2.45) is 0 Å². The van der Waals surface area contributed by atoms with Crippen molar-refractivity contribution in [2.45, 2.75) is 70.8 Å². The van der Waals surface area contributed by atoms with Crippen molar-refractivity contribution >= 4 is 5.69 Å². The number of hydrogen-bond acceptors (Lipinski definition) is 4. The summed E-state index contributed by atoms with van der Waals surface area (Å²) in [7, 11) is 1.85. The zero-order valence-corrected chi connectivity index (χ0v) is 17.8. The third-order valence-electron chi connectivity index (χ3n) is 5.55. The third kappa shape index (κ3) is 6.62. The summed E-state index contributed by atoms with van der Waals surface area (Å²) in [5.74, 6) is 0.463. The molecule has 1 aliphatic rings. The molecule has 0 saturated carbocycles. The van der Waals surface area contributed by atoms with Gasteiger partial charge in [0.25, 0.3) is 0 Å². The van der Waals surface area contributed by atoms with E-state index in [4.69, 9.17) is 9.47 Å². The number of hydrogen-bond donors (Lipinski definition) is 0.